The second-order valence-corrected chi connectivity index (χ2v) is 9.84. The average molecular weight is 470 g/mol. The van der Waals surface area contributed by atoms with Crippen molar-refractivity contribution in [3.05, 3.63) is 46.7 Å². The predicted octanol–water partition coefficient (Wildman–Crippen LogP) is 3.30. The Bertz CT molecular complexity index is 1160. The number of amides is 2. The minimum absolute atomic E-state index is 0.0169. The number of thiophene rings is 1. The van der Waals surface area contributed by atoms with Crippen molar-refractivity contribution in [2.45, 2.75) is 26.2 Å². The number of benzene rings is 1. The fourth-order valence-corrected chi connectivity index (χ4v) is 5.76. The van der Waals surface area contributed by atoms with E-state index in [1.165, 1.54) is 29.9 Å². The van der Waals surface area contributed by atoms with Crippen LogP contribution in [0.5, 0.6) is 0 Å². The zero-order valence-electron chi connectivity index (χ0n) is 18.8. The van der Waals surface area contributed by atoms with Gasteiger partial charge in [0.1, 0.15) is 10.6 Å². The van der Waals surface area contributed by atoms with Crippen molar-refractivity contribution in [2.75, 3.05) is 45.8 Å². The molecule has 0 unspecified atom stereocenters. The van der Waals surface area contributed by atoms with E-state index in [1.807, 2.05) is 22.8 Å². The Morgan fingerprint density at radius 1 is 0.970 bits per heavy atom. The summed E-state index contributed by atoms with van der Waals surface area (Å²) in [6.07, 6.45) is 3.41. The summed E-state index contributed by atoms with van der Waals surface area (Å²) in [6, 6.07) is 8.11. The highest BCUT2D eigenvalue weighted by molar-refractivity contribution is 7.20. The molecule has 2 aliphatic rings. The number of carbonyl (C=O) groups excluding carboxylic acids is 2. The summed E-state index contributed by atoms with van der Waals surface area (Å²) in [5.74, 6) is -0.0687. The third kappa shape index (κ3) is 4.52. The van der Waals surface area contributed by atoms with Crippen molar-refractivity contribution in [1.29, 1.82) is 0 Å². The molecule has 2 aromatic heterocycles. The normalized spacial score (nSPS) is 17.6. The number of halogens is 1. The molecule has 2 aliphatic heterocycles. The van der Waals surface area contributed by atoms with Crippen molar-refractivity contribution in [3.8, 4) is 5.69 Å². The van der Waals surface area contributed by atoms with Crippen molar-refractivity contribution in [3.63, 3.8) is 0 Å². The van der Waals surface area contributed by atoms with E-state index in [1.54, 1.807) is 16.8 Å². The first-order valence-electron chi connectivity index (χ1n) is 11.5. The van der Waals surface area contributed by atoms with Gasteiger partial charge in [-0.05, 0) is 56.5 Å². The summed E-state index contributed by atoms with van der Waals surface area (Å²) in [7, 11) is 0. The van der Waals surface area contributed by atoms with E-state index in [2.05, 4.69) is 10.00 Å². The monoisotopic (exact) mass is 469 g/mol. The van der Waals surface area contributed by atoms with Gasteiger partial charge in [-0.3, -0.25) is 14.5 Å². The molecular weight excluding hydrogens is 441 g/mol. The highest BCUT2D eigenvalue weighted by Crippen LogP contribution is 2.31. The molecule has 0 saturated carbocycles. The lowest BCUT2D eigenvalue weighted by molar-refractivity contribution is -0.133. The van der Waals surface area contributed by atoms with E-state index in [4.69, 9.17) is 0 Å². The number of piperazine rings is 1. The number of fused-ring (bicyclic) bond motifs is 1. The van der Waals surface area contributed by atoms with Gasteiger partial charge in [-0.2, -0.15) is 5.10 Å². The molecule has 33 heavy (non-hydrogen) atoms. The molecule has 174 valence electrons. The number of aryl methyl sites for hydroxylation is 1. The van der Waals surface area contributed by atoms with Crippen molar-refractivity contribution in [2.24, 2.45) is 0 Å². The van der Waals surface area contributed by atoms with Gasteiger partial charge < -0.3 is 9.80 Å². The van der Waals surface area contributed by atoms with Crippen LogP contribution in [0, 0.1) is 12.7 Å². The first kappa shape index (κ1) is 22.0. The molecule has 5 rings (SSSR count). The first-order valence-corrected chi connectivity index (χ1v) is 12.4. The lowest BCUT2D eigenvalue weighted by atomic mass is 10.1. The SMILES string of the molecule is Cc1nn(-c2ccc(F)cc2)c2sc(C(=O)N3CCN(CC(=O)N4CCCCC4)CC3)cc12. The number of carbonyl (C=O) groups is 2. The van der Waals surface area contributed by atoms with Crippen LogP contribution in [0.1, 0.15) is 34.6 Å². The fraction of sp³-hybridized carbons (Fsp3) is 0.458. The van der Waals surface area contributed by atoms with E-state index in [9.17, 15) is 14.0 Å². The van der Waals surface area contributed by atoms with Crippen molar-refractivity contribution in [1.82, 2.24) is 24.5 Å². The first-order chi connectivity index (χ1) is 16.0. The minimum atomic E-state index is -0.294. The maximum absolute atomic E-state index is 13.3. The van der Waals surface area contributed by atoms with Crippen LogP contribution in [0.15, 0.2) is 30.3 Å². The van der Waals surface area contributed by atoms with Gasteiger partial charge in [0.05, 0.1) is 22.8 Å². The highest BCUT2D eigenvalue weighted by Gasteiger charge is 2.27. The zero-order valence-corrected chi connectivity index (χ0v) is 19.6. The summed E-state index contributed by atoms with van der Waals surface area (Å²) >= 11 is 1.42. The van der Waals surface area contributed by atoms with Gasteiger partial charge in [0.25, 0.3) is 5.91 Å². The lowest BCUT2D eigenvalue weighted by Gasteiger charge is -2.35. The molecule has 0 aliphatic carbocycles. The maximum Gasteiger partial charge on any atom is 0.264 e. The van der Waals surface area contributed by atoms with E-state index >= 15 is 0 Å². The number of rotatable bonds is 4. The Hall–Kier alpha value is -2.78. The van der Waals surface area contributed by atoms with Crippen molar-refractivity contribution < 1.29 is 14.0 Å². The lowest BCUT2D eigenvalue weighted by Crippen LogP contribution is -2.51. The largest absolute Gasteiger partial charge is 0.342 e. The van der Waals surface area contributed by atoms with Crippen LogP contribution in [-0.4, -0.2) is 82.1 Å². The summed E-state index contributed by atoms with van der Waals surface area (Å²) in [5, 5.41) is 5.52. The van der Waals surface area contributed by atoms with Crippen LogP contribution in [0.25, 0.3) is 15.9 Å². The number of nitrogens with zero attached hydrogens (tertiary/aromatic N) is 5. The molecule has 0 radical (unpaired) electrons. The van der Waals surface area contributed by atoms with Gasteiger partial charge in [-0.1, -0.05) is 0 Å². The standard InChI is InChI=1S/C24H28FN5O2S/c1-17-20-15-21(33-24(20)30(26-17)19-7-5-18(25)6-8-19)23(32)29-13-11-27(12-14-29)16-22(31)28-9-3-2-4-10-28/h5-8,15H,2-4,9-14,16H2,1H3. The smallest absolute Gasteiger partial charge is 0.264 e. The second-order valence-electron chi connectivity index (χ2n) is 8.81. The van der Waals surface area contributed by atoms with Gasteiger partial charge >= 0.3 is 0 Å². The molecule has 1 aromatic carbocycles. The number of likely N-dealkylation sites (tertiary alicyclic amines) is 1. The summed E-state index contributed by atoms with van der Waals surface area (Å²) < 4.78 is 15.1. The fourth-order valence-electron chi connectivity index (χ4n) is 4.61. The topological polar surface area (TPSA) is 61.7 Å². The van der Waals surface area contributed by atoms with Crippen LogP contribution in [0.2, 0.25) is 0 Å². The molecule has 0 N–H and O–H groups in total. The van der Waals surface area contributed by atoms with Crippen LogP contribution in [0.4, 0.5) is 4.39 Å². The molecule has 0 bridgehead atoms. The Morgan fingerprint density at radius 3 is 2.36 bits per heavy atom. The molecule has 3 aromatic rings. The zero-order chi connectivity index (χ0) is 22.9. The minimum Gasteiger partial charge on any atom is -0.342 e. The summed E-state index contributed by atoms with van der Waals surface area (Å²) in [5.41, 5.74) is 1.60. The second kappa shape index (κ2) is 9.23. The Morgan fingerprint density at radius 2 is 1.67 bits per heavy atom. The summed E-state index contributed by atoms with van der Waals surface area (Å²) in [4.78, 5) is 33.3. The maximum atomic E-state index is 13.3. The molecule has 2 amide bonds. The van der Waals surface area contributed by atoms with Gasteiger partial charge in [0.15, 0.2) is 0 Å². The molecule has 0 atom stereocenters. The predicted molar refractivity (Wildman–Crippen MR) is 126 cm³/mol. The third-order valence-electron chi connectivity index (χ3n) is 6.55. The third-order valence-corrected chi connectivity index (χ3v) is 7.65. The Labute approximate surface area is 196 Å². The number of piperidine rings is 1. The Balaban J connectivity index is 1.24. The molecular formula is C24H28FN5O2S. The molecule has 2 fully saturated rings. The van der Waals surface area contributed by atoms with E-state index < -0.39 is 0 Å². The molecule has 2 saturated heterocycles. The van der Waals surface area contributed by atoms with Gasteiger partial charge in [-0.25, -0.2) is 9.07 Å². The highest BCUT2D eigenvalue weighted by atomic mass is 32.1. The molecule has 7 nitrogen and oxygen atoms in total. The van der Waals surface area contributed by atoms with E-state index in [0.29, 0.717) is 37.6 Å². The average Bonchev–Trinajstić information content (AvgIpc) is 3.41. The van der Waals surface area contributed by atoms with Crippen LogP contribution >= 0.6 is 11.3 Å². The van der Waals surface area contributed by atoms with Gasteiger partial charge in [0.2, 0.25) is 5.91 Å². The van der Waals surface area contributed by atoms with Crippen LogP contribution in [0.3, 0.4) is 0 Å². The van der Waals surface area contributed by atoms with Crippen LogP contribution < -0.4 is 0 Å². The number of hydrogen-bond acceptors (Lipinski definition) is 5. The van der Waals surface area contributed by atoms with Crippen LogP contribution in [-0.2, 0) is 4.79 Å². The van der Waals surface area contributed by atoms with Crippen molar-refractivity contribution >= 4 is 33.4 Å². The molecule has 9 heteroatoms. The quantitative estimate of drug-likeness (QED) is 0.588. The molecule has 0 spiro atoms. The van der Waals surface area contributed by atoms with Gasteiger partial charge in [0, 0.05) is 44.7 Å². The molecule has 4 heterocycles. The van der Waals surface area contributed by atoms with Gasteiger partial charge in [-0.15, -0.1) is 11.3 Å². The summed E-state index contributed by atoms with van der Waals surface area (Å²) in [6.45, 7) is 6.75. The van der Waals surface area contributed by atoms with E-state index in [-0.39, 0.29) is 17.6 Å². The number of hydrogen-bond donors (Lipinski definition) is 0. The number of aromatic nitrogens is 2. The van der Waals surface area contributed by atoms with E-state index in [0.717, 1.165) is 47.5 Å². The Kier molecular flexibility index (Phi) is 6.16.